The van der Waals surface area contributed by atoms with Crippen LogP contribution in [0.2, 0.25) is 0 Å². The summed E-state index contributed by atoms with van der Waals surface area (Å²) in [6.45, 7) is 3.83. The molecule has 2 aliphatic heterocycles. The number of hydrogen-bond acceptors (Lipinski definition) is 6. The van der Waals surface area contributed by atoms with E-state index >= 15 is 0 Å². The van der Waals surface area contributed by atoms with Crippen LogP contribution in [-0.4, -0.2) is 34.9 Å². The van der Waals surface area contributed by atoms with Gasteiger partial charge in [0.1, 0.15) is 0 Å². The molecule has 1 aromatic rings. The van der Waals surface area contributed by atoms with Crippen LogP contribution in [-0.2, 0) is 0 Å². The largest absolute Gasteiger partial charge is 0.352 e. The van der Waals surface area contributed by atoms with Crippen molar-refractivity contribution in [1.82, 2.24) is 8.75 Å². The summed E-state index contributed by atoms with van der Waals surface area (Å²) < 4.78 is 8.48. The predicted molar refractivity (Wildman–Crippen MR) is 73.7 cm³/mol. The zero-order valence-corrected chi connectivity index (χ0v) is 11.3. The fourth-order valence-electron chi connectivity index (χ4n) is 2.72. The van der Waals surface area contributed by atoms with Gasteiger partial charge in [0, 0.05) is 26.2 Å². The zero-order valence-electron chi connectivity index (χ0n) is 10.5. The molecule has 2 aliphatic rings. The minimum absolute atomic E-state index is 0.0255. The third-order valence-electron chi connectivity index (χ3n) is 3.72. The van der Waals surface area contributed by atoms with Gasteiger partial charge in [-0.05, 0) is 32.1 Å². The van der Waals surface area contributed by atoms with E-state index in [1.54, 1.807) is 0 Å². The van der Waals surface area contributed by atoms with E-state index in [1.807, 2.05) is 0 Å². The Balaban J connectivity index is 1.90. The molecule has 0 spiro atoms. The quantitative estimate of drug-likeness (QED) is 0.811. The predicted octanol–water partition coefficient (Wildman–Crippen LogP) is 1.49. The molecule has 0 radical (unpaired) electrons. The summed E-state index contributed by atoms with van der Waals surface area (Å²) in [6.07, 6.45) is 5.90. The molecule has 0 amide bonds. The van der Waals surface area contributed by atoms with Crippen LogP contribution in [0.15, 0.2) is 4.79 Å². The van der Waals surface area contributed by atoms with Crippen molar-refractivity contribution in [3.63, 3.8) is 0 Å². The van der Waals surface area contributed by atoms with Crippen molar-refractivity contribution in [2.75, 3.05) is 36.0 Å². The van der Waals surface area contributed by atoms with E-state index in [9.17, 15) is 4.79 Å². The van der Waals surface area contributed by atoms with Gasteiger partial charge in [-0.25, -0.2) is 0 Å². The SMILES string of the molecule is O=c1c(N2CCCCC2)nsnc1N1CCCC1. The third-order valence-corrected chi connectivity index (χ3v) is 4.23. The zero-order chi connectivity index (χ0) is 12.4. The normalized spacial score (nSPS) is 20.4. The van der Waals surface area contributed by atoms with Crippen molar-refractivity contribution >= 4 is 23.4 Å². The molecule has 0 unspecified atom stereocenters. The summed E-state index contributed by atoms with van der Waals surface area (Å²) >= 11 is 1.17. The molecule has 5 nitrogen and oxygen atoms in total. The fraction of sp³-hybridized carbons (Fsp3) is 0.750. The third kappa shape index (κ3) is 2.21. The summed E-state index contributed by atoms with van der Waals surface area (Å²) in [4.78, 5) is 16.7. The highest BCUT2D eigenvalue weighted by molar-refractivity contribution is 6.99. The van der Waals surface area contributed by atoms with E-state index in [2.05, 4.69) is 18.5 Å². The Morgan fingerprint density at radius 1 is 0.778 bits per heavy atom. The van der Waals surface area contributed by atoms with Gasteiger partial charge in [-0.2, -0.15) is 8.75 Å². The summed E-state index contributed by atoms with van der Waals surface area (Å²) in [7, 11) is 0. The number of aromatic nitrogens is 2. The van der Waals surface area contributed by atoms with Crippen LogP contribution >= 0.6 is 11.7 Å². The standard InChI is InChI=1S/C12H18N4OS/c17-10-11(15-6-2-1-3-7-15)13-18-14-12(10)16-8-4-5-9-16/h1-9H2. The maximum atomic E-state index is 12.5. The van der Waals surface area contributed by atoms with Crippen molar-refractivity contribution in [1.29, 1.82) is 0 Å². The van der Waals surface area contributed by atoms with Crippen LogP contribution < -0.4 is 15.2 Å². The van der Waals surface area contributed by atoms with Crippen LogP contribution in [0.3, 0.4) is 0 Å². The van der Waals surface area contributed by atoms with Gasteiger partial charge in [-0.3, -0.25) is 4.79 Å². The molecule has 2 fully saturated rings. The Morgan fingerprint density at radius 2 is 1.22 bits per heavy atom. The number of anilines is 2. The van der Waals surface area contributed by atoms with Gasteiger partial charge in [-0.15, -0.1) is 0 Å². The highest BCUT2D eigenvalue weighted by Crippen LogP contribution is 2.19. The number of hydrogen-bond donors (Lipinski definition) is 0. The van der Waals surface area contributed by atoms with Gasteiger partial charge in [-0.1, -0.05) is 0 Å². The molecule has 3 rings (SSSR count). The lowest BCUT2D eigenvalue weighted by Crippen LogP contribution is -2.36. The average Bonchev–Trinajstić information content (AvgIpc) is 2.94. The minimum Gasteiger partial charge on any atom is -0.352 e. The molecule has 0 saturated carbocycles. The average molecular weight is 266 g/mol. The Morgan fingerprint density at radius 3 is 1.72 bits per heavy atom. The first-order valence-corrected chi connectivity index (χ1v) is 7.46. The summed E-state index contributed by atoms with van der Waals surface area (Å²) in [5.74, 6) is 1.24. The van der Waals surface area contributed by atoms with Gasteiger partial charge in [0.05, 0.1) is 11.7 Å². The highest BCUT2D eigenvalue weighted by Gasteiger charge is 2.22. The van der Waals surface area contributed by atoms with Crippen molar-refractivity contribution in [3.8, 4) is 0 Å². The molecule has 0 aliphatic carbocycles. The van der Waals surface area contributed by atoms with Gasteiger partial charge in [0.2, 0.25) is 0 Å². The maximum Gasteiger partial charge on any atom is 0.265 e. The van der Waals surface area contributed by atoms with Crippen LogP contribution in [0.1, 0.15) is 32.1 Å². The smallest absolute Gasteiger partial charge is 0.265 e. The van der Waals surface area contributed by atoms with Crippen molar-refractivity contribution in [2.45, 2.75) is 32.1 Å². The van der Waals surface area contributed by atoms with E-state index in [4.69, 9.17) is 0 Å². The Bertz CT molecular complexity index is 463. The Kier molecular flexibility index (Phi) is 3.45. The highest BCUT2D eigenvalue weighted by atomic mass is 32.1. The van der Waals surface area contributed by atoms with Gasteiger partial charge >= 0.3 is 0 Å². The molecule has 1 aromatic heterocycles. The van der Waals surface area contributed by atoms with Crippen LogP contribution in [0.25, 0.3) is 0 Å². The van der Waals surface area contributed by atoms with E-state index in [1.165, 1.54) is 18.1 Å². The van der Waals surface area contributed by atoms with E-state index in [0.717, 1.165) is 51.9 Å². The Hall–Kier alpha value is -1.17. The topological polar surface area (TPSA) is 49.3 Å². The number of nitrogens with zero attached hydrogens (tertiary/aromatic N) is 4. The molecule has 98 valence electrons. The summed E-state index contributed by atoms with van der Waals surface area (Å²) in [5.41, 5.74) is 0.0255. The summed E-state index contributed by atoms with van der Waals surface area (Å²) in [6, 6.07) is 0. The summed E-state index contributed by atoms with van der Waals surface area (Å²) in [5, 5.41) is 0. The van der Waals surface area contributed by atoms with Crippen LogP contribution in [0, 0.1) is 0 Å². The van der Waals surface area contributed by atoms with Crippen molar-refractivity contribution in [2.24, 2.45) is 0 Å². The second kappa shape index (κ2) is 5.22. The molecular weight excluding hydrogens is 248 g/mol. The second-order valence-corrected chi connectivity index (χ2v) is 5.51. The number of rotatable bonds is 2. The maximum absolute atomic E-state index is 12.5. The first-order valence-electron chi connectivity index (χ1n) is 6.73. The molecule has 6 heteroatoms. The van der Waals surface area contributed by atoms with Crippen molar-refractivity contribution < 1.29 is 0 Å². The second-order valence-electron chi connectivity index (χ2n) is 4.98. The van der Waals surface area contributed by atoms with E-state index in [0.29, 0.717) is 11.6 Å². The Labute approximate surface area is 111 Å². The van der Waals surface area contributed by atoms with Gasteiger partial charge < -0.3 is 9.80 Å². The molecule has 0 N–H and O–H groups in total. The lowest BCUT2D eigenvalue weighted by molar-refractivity contribution is 0.573. The lowest BCUT2D eigenvalue weighted by atomic mass is 10.1. The lowest BCUT2D eigenvalue weighted by Gasteiger charge is -2.27. The first-order chi connectivity index (χ1) is 8.86. The number of piperidine rings is 1. The van der Waals surface area contributed by atoms with Crippen LogP contribution in [0.4, 0.5) is 11.6 Å². The van der Waals surface area contributed by atoms with Crippen molar-refractivity contribution in [3.05, 3.63) is 10.2 Å². The monoisotopic (exact) mass is 266 g/mol. The van der Waals surface area contributed by atoms with Crippen LogP contribution in [0.5, 0.6) is 0 Å². The molecule has 18 heavy (non-hydrogen) atoms. The van der Waals surface area contributed by atoms with Gasteiger partial charge in [0.25, 0.3) is 5.43 Å². The fourth-order valence-corrected chi connectivity index (χ4v) is 3.31. The molecule has 0 atom stereocenters. The first kappa shape index (κ1) is 11.9. The minimum atomic E-state index is 0.0255. The molecule has 3 heterocycles. The molecule has 0 bridgehead atoms. The molecule has 0 aromatic carbocycles. The van der Waals surface area contributed by atoms with E-state index in [-0.39, 0.29) is 5.43 Å². The van der Waals surface area contributed by atoms with E-state index < -0.39 is 0 Å². The molecule has 2 saturated heterocycles. The molecular formula is C12H18N4OS. The van der Waals surface area contributed by atoms with Gasteiger partial charge in [0.15, 0.2) is 11.6 Å².